The second-order valence-corrected chi connectivity index (χ2v) is 1.38. The molecule has 0 spiro atoms. The van der Waals surface area contributed by atoms with Gasteiger partial charge in [0.2, 0.25) is 0 Å². The van der Waals surface area contributed by atoms with Gasteiger partial charge >= 0.3 is 0 Å². The van der Waals surface area contributed by atoms with Crippen LogP contribution in [0, 0.1) is 16.7 Å². The maximum Gasteiger partial charge on any atom is 0.296 e. The number of hydrogen-bond acceptors (Lipinski definition) is 4. The van der Waals surface area contributed by atoms with Crippen LogP contribution in [0.25, 0.3) is 0 Å². The molecule has 5 nitrogen and oxygen atoms in total. The van der Waals surface area contributed by atoms with E-state index in [1.165, 1.54) is 6.61 Å². The van der Waals surface area contributed by atoms with Crippen LogP contribution in [0.3, 0.4) is 0 Å². The molecule has 1 N–H and O–H groups in total. The fourth-order valence-corrected chi connectivity index (χ4v) is 0.445. The Morgan fingerprint density at radius 1 is 2.00 bits per heavy atom. The van der Waals surface area contributed by atoms with E-state index in [1.807, 2.05) is 0 Å². The summed E-state index contributed by atoms with van der Waals surface area (Å²) < 4.78 is 4.54. The fourth-order valence-electron chi connectivity index (χ4n) is 0.445. The molecular weight excluding hydrogens is 112 g/mol. The van der Waals surface area contributed by atoms with Crippen LogP contribution in [0.4, 0.5) is 0 Å². The number of nitrogens with one attached hydrogen (secondary N) is 1. The normalized spacial score (nSPS) is 28.2. The fraction of sp³-hybridized carbons (Fsp3) is 0.667. The van der Waals surface area contributed by atoms with Crippen molar-refractivity contribution in [3.63, 3.8) is 0 Å². The van der Waals surface area contributed by atoms with Crippen molar-refractivity contribution in [1.29, 1.82) is 0 Å². The minimum Gasteiger partial charge on any atom is -0.351 e. The Balaban J connectivity index is 2.35. The summed E-state index contributed by atoms with van der Waals surface area (Å²) in [6, 6.07) is 0. The van der Waals surface area contributed by atoms with Crippen molar-refractivity contribution in [2.45, 2.75) is 6.17 Å². The van der Waals surface area contributed by atoms with E-state index < -0.39 is 11.1 Å². The smallest absolute Gasteiger partial charge is 0.296 e. The van der Waals surface area contributed by atoms with E-state index in [2.05, 4.69) is 10.1 Å². The summed E-state index contributed by atoms with van der Waals surface area (Å²) in [5.41, 5.74) is 0. The maximum atomic E-state index is 9.83. The summed E-state index contributed by atoms with van der Waals surface area (Å²) in [5.74, 6) is 0. The Bertz CT molecular complexity index is 98.7. The van der Waals surface area contributed by atoms with Gasteiger partial charge in [0.25, 0.3) is 6.17 Å². The molecule has 0 aliphatic carbocycles. The van der Waals surface area contributed by atoms with Crippen molar-refractivity contribution in [2.75, 3.05) is 6.73 Å². The summed E-state index contributed by atoms with van der Waals surface area (Å²) in [7, 11) is 0. The number of nitrogens with zero attached hydrogens (tertiary/aromatic N) is 1. The lowest BCUT2D eigenvalue weighted by molar-refractivity contribution is -0.518. The van der Waals surface area contributed by atoms with Gasteiger partial charge in [-0.05, 0) is 0 Å². The van der Waals surface area contributed by atoms with Crippen molar-refractivity contribution in [3.8, 4) is 0 Å². The van der Waals surface area contributed by atoms with Crippen LogP contribution >= 0.6 is 0 Å². The second kappa shape index (κ2) is 2.06. The highest BCUT2D eigenvalue weighted by Crippen LogP contribution is 1.98. The van der Waals surface area contributed by atoms with Gasteiger partial charge in [-0.15, -0.1) is 0 Å². The van der Waals surface area contributed by atoms with Crippen LogP contribution in [0.15, 0.2) is 0 Å². The zero-order chi connectivity index (χ0) is 5.98. The zero-order valence-corrected chi connectivity index (χ0v) is 4.03. The number of ether oxygens (including phenoxy) is 1. The molecule has 5 heteroatoms. The van der Waals surface area contributed by atoms with E-state index in [0.29, 0.717) is 0 Å². The molecule has 1 aliphatic heterocycles. The predicted octanol–water partition coefficient (Wildman–Crippen LogP) is -0.672. The average molecular weight is 117 g/mol. The van der Waals surface area contributed by atoms with Gasteiger partial charge in [-0.2, -0.15) is 0 Å². The molecule has 0 saturated carbocycles. The van der Waals surface area contributed by atoms with E-state index in [4.69, 9.17) is 0 Å². The Kier molecular flexibility index (Phi) is 1.40. The van der Waals surface area contributed by atoms with Crippen molar-refractivity contribution < 1.29 is 9.66 Å². The summed E-state index contributed by atoms with van der Waals surface area (Å²) >= 11 is 0. The number of rotatable bonds is 1. The molecule has 1 aliphatic rings. The maximum absolute atomic E-state index is 9.83. The molecular formula is C3H5N2O3. The first kappa shape index (κ1) is 5.46. The molecule has 0 aromatic heterocycles. The van der Waals surface area contributed by atoms with E-state index >= 15 is 0 Å². The Hall–Kier alpha value is -0.680. The van der Waals surface area contributed by atoms with Crippen molar-refractivity contribution in [2.24, 2.45) is 0 Å². The molecule has 1 saturated heterocycles. The molecule has 0 aromatic carbocycles. The van der Waals surface area contributed by atoms with Crippen molar-refractivity contribution in [1.82, 2.24) is 5.32 Å². The Morgan fingerprint density at radius 2 is 2.75 bits per heavy atom. The van der Waals surface area contributed by atoms with Crippen molar-refractivity contribution in [3.05, 3.63) is 16.7 Å². The molecule has 1 radical (unpaired) electrons. The second-order valence-electron chi connectivity index (χ2n) is 1.38. The lowest BCUT2D eigenvalue weighted by atomic mass is 10.6. The molecule has 1 atom stereocenters. The molecule has 1 rings (SSSR count). The molecule has 0 aromatic rings. The first-order valence-electron chi connectivity index (χ1n) is 2.12. The first-order chi connectivity index (χ1) is 3.80. The van der Waals surface area contributed by atoms with Gasteiger partial charge < -0.3 is 4.74 Å². The first-order valence-corrected chi connectivity index (χ1v) is 2.12. The lowest BCUT2D eigenvalue weighted by Gasteiger charge is -1.93. The van der Waals surface area contributed by atoms with Crippen molar-refractivity contribution >= 4 is 0 Å². The molecule has 1 heterocycles. The van der Waals surface area contributed by atoms with Crippen LogP contribution in [-0.4, -0.2) is 17.8 Å². The van der Waals surface area contributed by atoms with Gasteiger partial charge in [0, 0.05) is 4.92 Å². The summed E-state index contributed by atoms with van der Waals surface area (Å²) in [5, 5.41) is 12.3. The van der Waals surface area contributed by atoms with E-state index in [1.54, 1.807) is 0 Å². The Morgan fingerprint density at radius 3 is 3.00 bits per heavy atom. The van der Waals surface area contributed by atoms with Crippen LogP contribution in [0.5, 0.6) is 0 Å². The number of nitro groups is 1. The summed E-state index contributed by atoms with van der Waals surface area (Å²) in [6.45, 7) is 1.41. The summed E-state index contributed by atoms with van der Waals surface area (Å²) in [4.78, 5) is 9.38. The topological polar surface area (TPSA) is 64.4 Å². The highest BCUT2D eigenvalue weighted by atomic mass is 16.6. The number of hydrogen-bond donors (Lipinski definition) is 1. The third-order valence-electron chi connectivity index (χ3n) is 0.828. The monoisotopic (exact) mass is 117 g/mol. The van der Waals surface area contributed by atoms with E-state index in [-0.39, 0.29) is 6.73 Å². The minimum atomic E-state index is -0.810. The summed E-state index contributed by atoms with van der Waals surface area (Å²) in [6.07, 6.45) is -0.810. The quantitative estimate of drug-likeness (QED) is 0.365. The van der Waals surface area contributed by atoms with E-state index in [0.717, 1.165) is 0 Å². The van der Waals surface area contributed by atoms with Gasteiger partial charge in [0.1, 0.15) is 6.73 Å². The molecule has 8 heavy (non-hydrogen) atoms. The molecule has 1 fully saturated rings. The van der Waals surface area contributed by atoms with Crippen LogP contribution < -0.4 is 5.32 Å². The van der Waals surface area contributed by atoms with Crippen LogP contribution in [0.2, 0.25) is 0 Å². The molecule has 0 amide bonds. The highest BCUT2D eigenvalue weighted by Gasteiger charge is 2.24. The Labute approximate surface area is 45.8 Å². The van der Waals surface area contributed by atoms with Crippen LogP contribution in [-0.2, 0) is 4.74 Å². The predicted molar refractivity (Wildman–Crippen MR) is 24.2 cm³/mol. The van der Waals surface area contributed by atoms with Gasteiger partial charge in [0.05, 0.1) is 0 Å². The van der Waals surface area contributed by atoms with Gasteiger partial charge in [-0.3, -0.25) is 10.1 Å². The third kappa shape index (κ3) is 0.932. The minimum absolute atomic E-state index is 0.242. The van der Waals surface area contributed by atoms with E-state index in [9.17, 15) is 10.1 Å². The van der Waals surface area contributed by atoms with Crippen LogP contribution in [0.1, 0.15) is 0 Å². The van der Waals surface area contributed by atoms with Gasteiger partial charge in [-0.25, -0.2) is 5.32 Å². The average Bonchev–Trinajstić information content (AvgIpc) is 2.12. The third-order valence-corrected chi connectivity index (χ3v) is 0.828. The lowest BCUT2D eigenvalue weighted by Crippen LogP contribution is -2.29. The van der Waals surface area contributed by atoms with Gasteiger partial charge in [0.15, 0.2) is 6.61 Å². The molecule has 45 valence electrons. The SMILES string of the molecule is O=[N+]([O-])C1[CH]OCN1. The molecule has 0 bridgehead atoms. The molecule has 1 unspecified atom stereocenters. The zero-order valence-electron chi connectivity index (χ0n) is 4.03. The standard InChI is InChI=1S/C3H5N2O3/c6-5(7)3-1-8-2-4-3/h1,3-4H,2H2. The largest absolute Gasteiger partial charge is 0.351 e. The van der Waals surface area contributed by atoms with Gasteiger partial charge in [-0.1, -0.05) is 0 Å². The highest BCUT2D eigenvalue weighted by molar-refractivity contribution is 4.67.